The van der Waals surface area contributed by atoms with Gasteiger partial charge >= 0.3 is 0 Å². The quantitative estimate of drug-likeness (QED) is 0.817. The average Bonchev–Trinajstić information content (AvgIpc) is 3.44. The van der Waals surface area contributed by atoms with Gasteiger partial charge in [0.2, 0.25) is 5.91 Å². The van der Waals surface area contributed by atoms with Crippen LogP contribution in [0.15, 0.2) is 24.3 Å². The lowest BCUT2D eigenvalue weighted by atomic mass is 9.93. The third-order valence-electron chi connectivity index (χ3n) is 5.05. The standard InChI is InChI=1S/C19H28N2O2.ClH/c1-23-18-7-2-16(3-8-18)14-21(17-5-6-17)19(22)9-4-15-10-12-20-13-11-15;/h2-3,7-8,15,17,20H,4-6,9-14H2,1H3;1H. The van der Waals surface area contributed by atoms with E-state index in [0.29, 0.717) is 18.4 Å². The fourth-order valence-electron chi connectivity index (χ4n) is 3.38. The topological polar surface area (TPSA) is 41.6 Å². The van der Waals surface area contributed by atoms with E-state index in [9.17, 15) is 4.79 Å². The molecule has 0 atom stereocenters. The van der Waals surface area contributed by atoms with E-state index in [2.05, 4.69) is 22.3 Å². The summed E-state index contributed by atoms with van der Waals surface area (Å²) < 4.78 is 5.20. The number of amides is 1. The average molecular weight is 353 g/mol. The lowest BCUT2D eigenvalue weighted by Gasteiger charge is -2.26. The number of piperidine rings is 1. The van der Waals surface area contributed by atoms with Crippen LogP contribution in [0.3, 0.4) is 0 Å². The molecule has 0 radical (unpaired) electrons. The zero-order valence-electron chi connectivity index (χ0n) is 14.5. The second kappa shape index (κ2) is 9.28. The first-order valence-corrected chi connectivity index (χ1v) is 8.89. The first kappa shape index (κ1) is 19.1. The van der Waals surface area contributed by atoms with E-state index >= 15 is 0 Å². The molecular formula is C19H29ClN2O2. The van der Waals surface area contributed by atoms with Gasteiger partial charge in [0.15, 0.2) is 0 Å². The molecule has 4 nitrogen and oxygen atoms in total. The fraction of sp³-hybridized carbons (Fsp3) is 0.632. The minimum absolute atomic E-state index is 0. The van der Waals surface area contributed by atoms with Crippen LogP contribution in [0.4, 0.5) is 0 Å². The number of hydrogen-bond acceptors (Lipinski definition) is 3. The summed E-state index contributed by atoms with van der Waals surface area (Å²) in [6.07, 6.45) is 6.51. The number of nitrogens with one attached hydrogen (secondary N) is 1. The highest BCUT2D eigenvalue weighted by Gasteiger charge is 2.32. The monoisotopic (exact) mass is 352 g/mol. The van der Waals surface area contributed by atoms with Crippen molar-refractivity contribution >= 4 is 18.3 Å². The molecule has 1 aliphatic heterocycles. The van der Waals surface area contributed by atoms with E-state index in [4.69, 9.17) is 4.74 Å². The van der Waals surface area contributed by atoms with Gasteiger partial charge < -0.3 is 15.0 Å². The van der Waals surface area contributed by atoms with Crippen LogP contribution in [-0.2, 0) is 11.3 Å². The van der Waals surface area contributed by atoms with Gasteiger partial charge in [0.05, 0.1) is 7.11 Å². The number of hydrogen-bond donors (Lipinski definition) is 1. The second-order valence-electron chi connectivity index (χ2n) is 6.83. The predicted octanol–water partition coefficient (Wildman–Crippen LogP) is 3.39. The van der Waals surface area contributed by atoms with E-state index in [1.165, 1.54) is 18.4 Å². The van der Waals surface area contributed by atoms with Gasteiger partial charge in [-0.05, 0) is 68.8 Å². The zero-order chi connectivity index (χ0) is 16.1. The molecule has 0 aromatic heterocycles. The SMILES string of the molecule is COc1ccc(CN(C(=O)CCC2CCNCC2)C2CC2)cc1.Cl. The number of benzene rings is 1. The van der Waals surface area contributed by atoms with Crippen LogP contribution in [0.25, 0.3) is 0 Å². The van der Waals surface area contributed by atoms with Crippen LogP contribution in [0, 0.1) is 5.92 Å². The Morgan fingerprint density at radius 3 is 2.42 bits per heavy atom. The Morgan fingerprint density at radius 2 is 1.83 bits per heavy atom. The van der Waals surface area contributed by atoms with E-state index in [1.54, 1.807) is 7.11 Å². The molecule has 1 aromatic rings. The van der Waals surface area contributed by atoms with Crippen molar-refractivity contribution in [2.45, 2.75) is 51.1 Å². The minimum Gasteiger partial charge on any atom is -0.497 e. The number of ether oxygens (including phenoxy) is 1. The molecule has 3 rings (SSSR count). The molecular weight excluding hydrogens is 324 g/mol. The summed E-state index contributed by atoms with van der Waals surface area (Å²) in [5, 5.41) is 3.39. The van der Waals surface area contributed by atoms with Crippen LogP contribution >= 0.6 is 12.4 Å². The number of halogens is 1. The van der Waals surface area contributed by atoms with E-state index in [0.717, 1.165) is 50.6 Å². The molecule has 1 amide bonds. The molecule has 1 heterocycles. The van der Waals surface area contributed by atoms with Crippen molar-refractivity contribution in [2.24, 2.45) is 5.92 Å². The normalized spacial score (nSPS) is 17.9. The first-order chi connectivity index (χ1) is 11.3. The van der Waals surface area contributed by atoms with Crippen molar-refractivity contribution in [3.05, 3.63) is 29.8 Å². The van der Waals surface area contributed by atoms with Crippen LogP contribution in [0.2, 0.25) is 0 Å². The smallest absolute Gasteiger partial charge is 0.223 e. The molecule has 1 aliphatic carbocycles. The second-order valence-corrected chi connectivity index (χ2v) is 6.83. The van der Waals surface area contributed by atoms with Gasteiger partial charge in [-0.25, -0.2) is 0 Å². The minimum atomic E-state index is 0. The van der Waals surface area contributed by atoms with Gasteiger partial charge in [-0.2, -0.15) is 0 Å². The van der Waals surface area contributed by atoms with Gasteiger partial charge in [0.1, 0.15) is 5.75 Å². The number of carbonyl (C=O) groups excluding carboxylic acids is 1. The number of rotatable bonds is 7. The Labute approximate surface area is 151 Å². The summed E-state index contributed by atoms with van der Waals surface area (Å²) in [7, 11) is 1.68. The highest BCUT2D eigenvalue weighted by molar-refractivity contribution is 5.85. The first-order valence-electron chi connectivity index (χ1n) is 8.89. The Balaban J connectivity index is 0.00000208. The Kier molecular flexibility index (Phi) is 7.38. The summed E-state index contributed by atoms with van der Waals surface area (Å²) in [6.45, 7) is 2.95. The molecule has 0 spiro atoms. The third-order valence-corrected chi connectivity index (χ3v) is 5.05. The molecule has 1 aromatic carbocycles. The number of nitrogens with zero attached hydrogens (tertiary/aromatic N) is 1. The molecule has 1 saturated heterocycles. The van der Waals surface area contributed by atoms with Crippen molar-refractivity contribution < 1.29 is 9.53 Å². The fourth-order valence-corrected chi connectivity index (χ4v) is 3.38. The molecule has 134 valence electrons. The highest BCUT2D eigenvalue weighted by atomic mass is 35.5. The highest BCUT2D eigenvalue weighted by Crippen LogP contribution is 2.30. The van der Waals surface area contributed by atoms with Gasteiger partial charge in [-0.1, -0.05) is 12.1 Å². The Bertz CT molecular complexity index is 511. The van der Waals surface area contributed by atoms with E-state index < -0.39 is 0 Å². The lowest BCUT2D eigenvalue weighted by molar-refractivity contribution is -0.132. The summed E-state index contributed by atoms with van der Waals surface area (Å²) in [5.41, 5.74) is 1.19. The van der Waals surface area contributed by atoms with Crippen LogP contribution in [-0.4, -0.2) is 37.0 Å². The van der Waals surface area contributed by atoms with E-state index in [1.807, 2.05) is 12.1 Å². The number of methoxy groups -OCH3 is 1. The van der Waals surface area contributed by atoms with Gasteiger partial charge in [-0.3, -0.25) is 4.79 Å². The lowest BCUT2D eigenvalue weighted by Crippen LogP contribution is -2.33. The van der Waals surface area contributed by atoms with Crippen molar-refractivity contribution in [2.75, 3.05) is 20.2 Å². The molecule has 24 heavy (non-hydrogen) atoms. The van der Waals surface area contributed by atoms with Crippen LogP contribution in [0.5, 0.6) is 5.75 Å². The molecule has 2 aliphatic rings. The Hall–Kier alpha value is -1.26. The maximum atomic E-state index is 12.7. The zero-order valence-corrected chi connectivity index (χ0v) is 15.3. The molecule has 1 N–H and O–H groups in total. The van der Waals surface area contributed by atoms with Crippen molar-refractivity contribution in [1.29, 1.82) is 0 Å². The van der Waals surface area contributed by atoms with Crippen molar-refractivity contribution in [3.63, 3.8) is 0 Å². The van der Waals surface area contributed by atoms with Gasteiger partial charge in [0.25, 0.3) is 0 Å². The number of carbonyl (C=O) groups is 1. The van der Waals surface area contributed by atoms with Crippen molar-refractivity contribution in [3.8, 4) is 5.75 Å². The summed E-state index contributed by atoms with van der Waals surface area (Å²) in [5.74, 6) is 1.92. The molecule has 0 unspecified atom stereocenters. The summed E-state index contributed by atoms with van der Waals surface area (Å²) >= 11 is 0. The van der Waals surface area contributed by atoms with Crippen LogP contribution < -0.4 is 10.1 Å². The molecule has 5 heteroatoms. The van der Waals surface area contributed by atoms with Crippen molar-refractivity contribution in [1.82, 2.24) is 10.2 Å². The predicted molar refractivity (Wildman–Crippen MR) is 98.6 cm³/mol. The van der Waals surface area contributed by atoms with Crippen LogP contribution in [0.1, 0.15) is 44.1 Å². The molecule has 2 fully saturated rings. The Morgan fingerprint density at radius 1 is 1.17 bits per heavy atom. The van der Waals surface area contributed by atoms with E-state index in [-0.39, 0.29) is 12.4 Å². The maximum absolute atomic E-state index is 12.7. The third kappa shape index (κ3) is 5.38. The molecule has 1 saturated carbocycles. The summed E-state index contributed by atoms with van der Waals surface area (Å²) in [6, 6.07) is 8.54. The van der Waals surface area contributed by atoms with Gasteiger partial charge in [0, 0.05) is 19.0 Å². The van der Waals surface area contributed by atoms with Gasteiger partial charge in [-0.15, -0.1) is 12.4 Å². The summed E-state index contributed by atoms with van der Waals surface area (Å²) in [4.78, 5) is 14.8. The molecule has 0 bridgehead atoms. The largest absolute Gasteiger partial charge is 0.497 e. The maximum Gasteiger partial charge on any atom is 0.223 e.